The van der Waals surface area contributed by atoms with E-state index in [1.54, 1.807) is 23.0 Å². The number of rotatable bonds is 5. The molecule has 0 bridgehead atoms. The summed E-state index contributed by atoms with van der Waals surface area (Å²) in [4.78, 5) is 6.65. The van der Waals surface area contributed by atoms with Gasteiger partial charge in [0.2, 0.25) is 0 Å². The Morgan fingerprint density at radius 3 is 2.69 bits per heavy atom. The molecule has 7 heteroatoms. The van der Waals surface area contributed by atoms with Crippen LogP contribution in [-0.2, 0) is 13.0 Å². The molecule has 1 aliphatic heterocycles. The highest BCUT2D eigenvalue weighted by Crippen LogP contribution is 2.37. The summed E-state index contributed by atoms with van der Waals surface area (Å²) in [6.45, 7) is 1.34. The third kappa shape index (κ3) is 3.35. The first-order valence-corrected chi connectivity index (χ1v) is 9.54. The Morgan fingerprint density at radius 1 is 1.00 bits per heavy atom. The van der Waals surface area contributed by atoms with Crippen LogP contribution in [0.4, 0.5) is 10.1 Å². The Kier molecular flexibility index (Phi) is 4.48. The maximum atomic E-state index is 13.3. The number of aromatic nitrogens is 5. The summed E-state index contributed by atoms with van der Waals surface area (Å²) in [5, 5.41) is 12.6. The van der Waals surface area contributed by atoms with Crippen LogP contribution in [0.2, 0.25) is 0 Å². The van der Waals surface area contributed by atoms with Gasteiger partial charge in [-0.3, -0.25) is 4.98 Å². The van der Waals surface area contributed by atoms with Gasteiger partial charge >= 0.3 is 0 Å². The van der Waals surface area contributed by atoms with Gasteiger partial charge in [0.1, 0.15) is 11.9 Å². The molecule has 2 aromatic heterocycles. The van der Waals surface area contributed by atoms with Crippen molar-refractivity contribution >= 4 is 5.69 Å². The second-order valence-corrected chi connectivity index (χ2v) is 7.08. The van der Waals surface area contributed by atoms with E-state index in [0.29, 0.717) is 6.54 Å². The highest BCUT2D eigenvalue weighted by molar-refractivity contribution is 5.60. The summed E-state index contributed by atoms with van der Waals surface area (Å²) in [6, 6.07) is 18.7. The molecular weight excluding hydrogens is 367 g/mol. The fraction of sp³-hybridized carbons (Fsp3) is 0.182. The highest BCUT2D eigenvalue weighted by atomic mass is 19.1. The molecule has 29 heavy (non-hydrogen) atoms. The topological polar surface area (TPSA) is 59.7 Å². The van der Waals surface area contributed by atoms with Crippen molar-refractivity contribution in [2.24, 2.45) is 0 Å². The lowest BCUT2D eigenvalue weighted by molar-refractivity contribution is 0.577. The Hall–Kier alpha value is -3.61. The molecule has 144 valence electrons. The first kappa shape index (κ1) is 17.5. The maximum Gasteiger partial charge on any atom is 0.178 e. The first-order valence-electron chi connectivity index (χ1n) is 9.54. The van der Waals surface area contributed by atoms with Crippen LogP contribution >= 0.6 is 0 Å². The van der Waals surface area contributed by atoms with Crippen molar-refractivity contribution in [3.8, 4) is 0 Å². The number of anilines is 1. The fourth-order valence-electron chi connectivity index (χ4n) is 3.92. The summed E-state index contributed by atoms with van der Waals surface area (Å²) in [6.07, 6.45) is 4.61. The van der Waals surface area contributed by atoms with E-state index < -0.39 is 0 Å². The summed E-state index contributed by atoms with van der Waals surface area (Å²) in [5.74, 6) is 0.478. The molecule has 0 aliphatic carbocycles. The predicted molar refractivity (Wildman–Crippen MR) is 107 cm³/mol. The van der Waals surface area contributed by atoms with E-state index in [4.69, 9.17) is 0 Å². The van der Waals surface area contributed by atoms with Crippen LogP contribution in [-0.4, -0.2) is 31.7 Å². The number of tetrazole rings is 1. The van der Waals surface area contributed by atoms with E-state index in [9.17, 15) is 4.39 Å². The molecule has 0 saturated heterocycles. The van der Waals surface area contributed by atoms with Crippen molar-refractivity contribution in [3.63, 3.8) is 0 Å². The van der Waals surface area contributed by atoms with Gasteiger partial charge in [0.05, 0.1) is 6.54 Å². The second-order valence-electron chi connectivity index (χ2n) is 7.08. The molecule has 0 radical (unpaired) electrons. The van der Waals surface area contributed by atoms with Gasteiger partial charge in [-0.05, 0) is 52.2 Å². The molecular formula is C22H19FN6. The summed E-state index contributed by atoms with van der Waals surface area (Å²) in [7, 11) is 0. The second kappa shape index (κ2) is 7.43. The number of para-hydroxylation sites is 1. The fourth-order valence-corrected chi connectivity index (χ4v) is 3.92. The molecule has 6 nitrogen and oxygen atoms in total. The third-order valence-electron chi connectivity index (χ3n) is 5.28. The van der Waals surface area contributed by atoms with Gasteiger partial charge in [0, 0.05) is 30.2 Å². The smallest absolute Gasteiger partial charge is 0.178 e. The molecule has 0 saturated carbocycles. The number of pyridine rings is 1. The van der Waals surface area contributed by atoms with E-state index >= 15 is 0 Å². The Balaban J connectivity index is 1.57. The van der Waals surface area contributed by atoms with Crippen LogP contribution < -0.4 is 4.90 Å². The highest BCUT2D eigenvalue weighted by Gasteiger charge is 2.32. The summed E-state index contributed by atoms with van der Waals surface area (Å²) < 4.78 is 15.1. The molecule has 0 spiro atoms. The molecule has 4 aromatic rings. The average Bonchev–Trinajstić information content (AvgIpc) is 3.39. The number of nitrogens with zero attached hydrogens (tertiary/aromatic N) is 6. The molecule has 2 aromatic carbocycles. The van der Waals surface area contributed by atoms with Crippen LogP contribution in [0, 0.1) is 5.82 Å². The van der Waals surface area contributed by atoms with Crippen molar-refractivity contribution in [1.29, 1.82) is 0 Å². The minimum Gasteiger partial charge on any atom is -0.357 e. The number of hydrogen-bond acceptors (Lipinski definition) is 5. The quantitative estimate of drug-likeness (QED) is 0.526. The van der Waals surface area contributed by atoms with Gasteiger partial charge in [-0.15, -0.1) is 5.10 Å². The molecule has 1 atom stereocenters. The average molecular weight is 386 g/mol. The van der Waals surface area contributed by atoms with Crippen molar-refractivity contribution in [2.75, 3.05) is 11.4 Å². The third-order valence-corrected chi connectivity index (χ3v) is 5.28. The van der Waals surface area contributed by atoms with Gasteiger partial charge < -0.3 is 4.90 Å². The van der Waals surface area contributed by atoms with Crippen LogP contribution in [0.1, 0.15) is 28.6 Å². The van der Waals surface area contributed by atoms with Gasteiger partial charge in [0.25, 0.3) is 0 Å². The summed E-state index contributed by atoms with van der Waals surface area (Å²) in [5.41, 5.74) is 4.47. The number of hydrogen-bond donors (Lipinski definition) is 0. The lowest BCUT2D eigenvalue weighted by Crippen LogP contribution is -2.30. The van der Waals surface area contributed by atoms with Gasteiger partial charge in [-0.1, -0.05) is 36.4 Å². The molecule has 0 N–H and O–H groups in total. The van der Waals surface area contributed by atoms with Crippen molar-refractivity contribution in [3.05, 3.63) is 101 Å². The Labute approximate surface area is 167 Å². The van der Waals surface area contributed by atoms with Crippen molar-refractivity contribution < 1.29 is 4.39 Å². The molecule has 0 fully saturated rings. The largest absolute Gasteiger partial charge is 0.357 e. The molecule has 0 amide bonds. The first-order chi connectivity index (χ1) is 14.3. The monoisotopic (exact) mass is 386 g/mol. The standard InChI is InChI=1S/C22H19FN6/c23-19-9-7-16(8-10-19)15-29-22(25-26-27-29)21(18-5-3-12-24-14-18)28-13-11-17-4-1-2-6-20(17)28/h1-10,12,14,21H,11,13,15H2/t21-/m0/s1. The van der Waals surface area contributed by atoms with Crippen molar-refractivity contribution in [1.82, 2.24) is 25.2 Å². The predicted octanol–water partition coefficient (Wildman–Crippen LogP) is 3.41. The Bertz CT molecular complexity index is 1110. The summed E-state index contributed by atoms with van der Waals surface area (Å²) >= 11 is 0. The van der Waals surface area contributed by atoms with Gasteiger partial charge in [-0.25, -0.2) is 9.07 Å². The number of fused-ring (bicyclic) bond motifs is 1. The number of benzene rings is 2. The Morgan fingerprint density at radius 2 is 1.86 bits per heavy atom. The lowest BCUT2D eigenvalue weighted by Gasteiger charge is -2.29. The van der Waals surface area contributed by atoms with E-state index in [-0.39, 0.29) is 11.9 Å². The number of halogens is 1. The van der Waals surface area contributed by atoms with Crippen LogP contribution in [0.25, 0.3) is 0 Å². The zero-order chi connectivity index (χ0) is 19.6. The van der Waals surface area contributed by atoms with Crippen LogP contribution in [0.3, 0.4) is 0 Å². The van der Waals surface area contributed by atoms with E-state index in [1.165, 1.54) is 23.4 Å². The minimum atomic E-state index is -0.257. The van der Waals surface area contributed by atoms with Crippen LogP contribution in [0.15, 0.2) is 73.1 Å². The molecule has 5 rings (SSSR count). The van der Waals surface area contributed by atoms with Crippen molar-refractivity contribution in [2.45, 2.75) is 19.0 Å². The molecule has 3 heterocycles. The maximum absolute atomic E-state index is 13.3. The van der Waals surface area contributed by atoms with Crippen LogP contribution in [0.5, 0.6) is 0 Å². The van der Waals surface area contributed by atoms with E-state index in [1.807, 2.05) is 12.3 Å². The van der Waals surface area contributed by atoms with Gasteiger partial charge in [-0.2, -0.15) is 0 Å². The SMILES string of the molecule is Fc1ccc(Cn2nnnc2[C@H](c2cccnc2)N2CCc3ccccc32)cc1. The molecule has 1 aliphatic rings. The zero-order valence-electron chi connectivity index (χ0n) is 15.7. The lowest BCUT2D eigenvalue weighted by atomic mass is 10.1. The van der Waals surface area contributed by atoms with Gasteiger partial charge in [0.15, 0.2) is 5.82 Å². The molecule has 0 unspecified atom stereocenters. The zero-order valence-corrected chi connectivity index (χ0v) is 15.7. The van der Waals surface area contributed by atoms with E-state index in [2.05, 4.69) is 55.7 Å². The van der Waals surface area contributed by atoms with E-state index in [0.717, 1.165) is 29.9 Å². The minimum absolute atomic E-state index is 0.164. The normalized spacial score (nSPS) is 14.0.